The lowest BCUT2D eigenvalue weighted by Crippen LogP contribution is -1.94. The number of nitro benzene ring substituents is 1. The van der Waals surface area contributed by atoms with Gasteiger partial charge in [0.05, 0.1) is 30.0 Å². The van der Waals surface area contributed by atoms with Crippen molar-refractivity contribution in [2.75, 3.05) is 7.11 Å². The minimum atomic E-state index is -0.655. The summed E-state index contributed by atoms with van der Waals surface area (Å²) in [5.74, 6) is -0.115. The number of benzene rings is 1. The number of hydrogen-bond donors (Lipinski definition) is 0. The molecule has 114 valence electrons. The van der Waals surface area contributed by atoms with Crippen LogP contribution < -0.4 is 4.74 Å². The number of furan rings is 1. The van der Waals surface area contributed by atoms with Gasteiger partial charge in [0.2, 0.25) is 0 Å². The van der Waals surface area contributed by atoms with Crippen LogP contribution in [-0.2, 0) is 0 Å². The quantitative estimate of drug-likeness (QED) is 0.475. The number of nitrogens with zero attached hydrogens (tertiary/aromatic N) is 3. The highest BCUT2D eigenvalue weighted by Crippen LogP contribution is 2.34. The summed E-state index contributed by atoms with van der Waals surface area (Å²) < 4.78 is 9.90. The number of ether oxygens (including phenoxy) is 1. The third-order valence-corrected chi connectivity index (χ3v) is 2.82. The maximum absolute atomic E-state index is 10.9. The molecule has 1 heterocycles. The Morgan fingerprint density at radius 2 is 1.95 bits per heavy atom. The molecular formula is C13H11N3O6. The molecule has 0 spiro atoms. The van der Waals surface area contributed by atoms with Crippen molar-refractivity contribution in [2.45, 2.75) is 6.92 Å². The van der Waals surface area contributed by atoms with Gasteiger partial charge in [-0.3, -0.25) is 25.2 Å². The lowest BCUT2D eigenvalue weighted by Gasteiger charge is -2.05. The molecule has 0 bridgehead atoms. The molecule has 0 saturated carbocycles. The Labute approximate surface area is 124 Å². The minimum Gasteiger partial charge on any atom is -0.490 e. The largest absolute Gasteiger partial charge is 0.490 e. The highest BCUT2D eigenvalue weighted by Gasteiger charge is 2.17. The van der Waals surface area contributed by atoms with Gasteiger partial charge in [-0.2, -0.15) is 0 Å². The van der Waals surface area contributed by atoms with Gasteiger partial charge < -0.3 is 9.15 Å². The fourth-order valence-corrected chi connectivity index (χ4v) is 1.75. The second-order valence-electron chi connectivity index (χ2n) is 4.26. The molecule has 1 aromatic heterocycles. The van der Waals surface area contributed by atoms with E-state index in [1.54, 1.807) is 6.92 Å². The number of aliphatic imine (C=N–C) groups is 1. The van der Waals surface area contributed by atoms with Gasteiger partial charge in [0, 0.05) is 12.1 Å². The Kier molecular flexibility index (Phi) is 4.16. The summed E-state index contributed by atoms with van der Waals surface area (Å²) >= 11 is 0. The van der Waals surface area contributed by atoms with Crippen LogP contribution in [0.2, 0.25) is 0 Å². The number of methoxy groups -OCH3 is 1. The highest BCUT2D eigenvalue weighted by molar-refractivity contribution is 5.80. The number of hydrogen-bond acceptors (Lipinski definition) is 7. The van der Waals surface area contributed by atoms with Gasteiger partial charge in [0.25, 0.3) is 0 Å². The molecule has 2 aromatic rings. The average molecular weight is 305 g/mol. The first-order chi connectivity index (χ1) is 10.4. The molecule has 0 aliphatic heterocycles. The molecule has 9 nitrogen and oxygen atoms in total. The number of rotatable bonds is 5. The lowest BCUT2D eigenvalue weighted by molar-refractivity contribution is -0.402. The smallest absolute Gasteiger partial charge is 0.433 e. The first-order valence-electron chi connectivity index (χ1n) is 6.03. The van der Waals surface area contributed by atoms with Crippen molar-refractivity contribution < 1.29 is 19.0 Å². The van der Waals surface area contributed by atoms with E-state index in [1.807, 2.05) is 0 Å². The summed E-state index contributed by atoms with van der Waals surface area (Å²) in [5.41, 5.74) is 0.832. The molecule has 9 heteroatoms. The van der Waals surface area contributed by atoms with Crippen LogP contribution in [0.5, 0.6) is 5.75 Å². The van der Waals surface area contributed by atoms with Gasteiger partial charge in [0.1, 0.15) is 4.92 Å². The van der Waals surface area contributed by atoms with Gasteiger partial charge in [-0.25, -0.2) is 0 Å². The second kappa shape index (κ2) is 6.04. The zero-order valence-corrected chi connectivity index (χ0v) is 11.7. The summed E-state index contributed by atoms with van der Waals surface area (Å²) in [6, 6.07) is 5.38. The van der Waals surface area contributed by atoms with Crippen LogP contribution in [0.4, 0.5) is 17.3 Å². The summed E-state index contributed by atoms with van der Waals surface area (Å²) in [6.07, 6.45) is 1.29. The van der Waals surface area contributed by atoms with Crippen molar-refractivity contribution in [3.05, 3.63) is 55.8 Å². The Morgan fingerprint density at radius 1 is 1.23 bits per heavy atom. The predicted molar refractivity (Wildman–Crippen MR) is 77.0 cm³/mol. The second-order valence-corrected chi connectivity index (χ2v) is 4.26. The summed E-state index contributed by atoms with van der Waals surface area (Å²) in [7, 11) is 1.32. The van der Waals surface area contributed by atoms with Gasteiger partial charge in [-0.05, 0) is 18.6 Å². The van der Waals surface area contributed by atoms with E-state index in [2.05, 4.69) is 4.99 Å². The molecule has 22 heavy (non-hydrogen) atoms. The van der Waals surface area contributed by atoms with Crippen LogP contribution in [0.1, 0.15) is 11.3 Å². The average Bonchev–Trinajstić information content (AvgIpc) is 2.94. The SMILES string of the molecule is COc1cc(N=Cc2ccc([N+](=O)[O-])o2)c(C)cc1[N+](=O)[O-]. The molecular weight excluding hydrogens is 294 g/mol. The van der Waals surface area contributed by atoms with E-state index in [-0.39, 0.29) is 23.1 Å². The van der Waals surface area contributed by atoms with Crippen molar-refractivity contribution in [1.29, 1.82) is 0 Å². The van der Waals surface area contributed by atoms with E-state index >= 15 is 0 Å². The molecule has 0 atom stereocenters. The third kappa shape index (κ3) is 3.08. The van der Waals surface area contributed by atoms with Crippen molar-refractivity contribution in [3.63, 3.8) is 0 Å². The zero-order valence-electron chi connectivity index (χ0n) is 11.7. The normalized spacial score (nSPS) is 10.8. The molecule has 1 aromatic carbocycles. The molecule has 0 saturated heterocycles. The molecule has 0 fully saturated rings. The molecule has 0 N–H and O–H groups in total. The monoisotopic (exact) mass is 305 g/mol. The van der Waals surface area contributed by atoms with Gasteiger partial charge >= 0.3 is 11.6 Å². The number of aryl methyl sites for hydroxylation is 1. The number of nitro groups is 2. The molecule has 0 radical (unpaired) electrons. The van der Waals surface area contributed by atoms with E-state index in [1.165, 1.54) is 37.6 Å². The lowest BCUT2D eigenvalue weighted by atomic mass is 10.1. The van der Waals surface area contributed by atoms with Crippen molar-refractivity contribution >= 4 is 23.5 Å². The van der Waals surface area contributed by atoms with Gasteiger partial charge in [-0.1, -0.05) is 0 Å². The molecule has 0 aliphatic carbocycles. The highest BCUT2D eigenvalue weighted by atomic mass is 16.6. The van der Waals surface area contributed by atoms with Crippen molar-refractivity contribution in [2.24, 2.45) is 4.99 Å². The molecule has 2 rings (SSSR count). The summed E-state index contributed by atoms with van der Waals surface area (Å²) in [4.78, 5) is 24.3. The standard InChI is InChI=1S/C13H11N3O6/c1-8-5-11(15(17)18)12(21-2)6-10(8)14-7-9-3-4-13(22-9)16(19)20/h3-7H,1-2H3. The van der Waals surface area contributed by atoms with E-state index < -0.39 is 9.85 Å². The van der Waals surface area contributed by atoms with Gasteiger partial charge in [0.15, 0.2) is 11.5 Å². The Morgan fingerprint density at radius 3 is 2.50 bits per heavy atom. The van der Waals surface area contributed by atoms with Gasteiger partial charge in [-0.15, -0.1) is 0 Å². The van der Waals surface area contributed by atoms with Crippen LogP contribution in [0.25, 0.3) is 0 Å². The first-order valence-corrected chi connectivity index (χ1v) is 6.03. The first kappa shape index (κ1) is 15.2. The van der Waals surface area contributed by atoms with Crippen LogP contribution in [0.3, 0.4) is 0 Å². The zero-order chi connectivity index (χ0) is 16.3. The van der Waals surface area contributed by atoms with Crippen molar-refractivity contribution in [1.82, 2.24) is 0 Å². The minimum absolute atomic E-state index is 0.0770. The van der Waals surface area contributed by atoms with E-state index in [0.717, 1.165) is 0 Å². The Bertz CT molecular complexity index is 765. The molecule has 0 unspecified atom stereocenters. The molecule has 0 aliphatic rings. The van der Waals surface area contributed by atoms with Crippen molar-refractivity contribution in [3.8, 4) is 5.75 Å². The maximum Gasteiger partial charge on any atom is 0.433 e. The summed E-state index contributed by atoms with van der Waals surface area (Å²) in [6.45, 7) is 1.66. The fraction of sp³-hybridized carbons (Fsp3) is 0.154. The third-order valence-electron chi connectivity index (χ3n) is 2.82. The maximum atomic E-state index is 10.9. The van der Waals surface area contributed by atoms with Crippen LogP contribution in [-0.4, -0.2) is 23.2 Å². The van der Waals surface area contributed by atoms with E-state index in [0.29, 0.717) is 11.3 Å². The molecule has 0 amide bonds. The van der Waals surface area contributed by atoms with Crippen LogP contribution >= 0.6 is 0 Å². The predicted octanol–water partition coefficient (Wildman–Crippen LogP) is 3.16. The van der Waals surface area contributed by atoms with E-state index in [4.69, 9.17) is 9.15 Å². The van der Waals surface area contributed by atoms with E-state index in [9.17, 15) is 20.2 Å². The Hall–Kier alpha value is -3.23. The Balaban J connectivity index is 2.34. The van der Waals surface area contributed by atoms with Crippen LogP contribution in [0, 0.1) is 27.2 Å². The van der Waals surface area contributed by atoms with Crippen LogP contribution in [0.15, 0.2) is 33.7 Å². The fourth-order valence-electron chi connectivity index (χ4n) is 1.75. The topological polar surface area (TPSA) is 121 Å². The summed E-state index contributed by atoms with van der Waals surface area (Å²) in [5, 5.41) is 21.4.